The molecular formula is C20H16N2O2. The fourth-order valence-electron chi connectivity index (χ4n) is 3.21. The summed E-state index contributed by atoms with van der Waals surface area (Å²) in [5.41, 5.74) is 2.17. The highest BCUT2D eigenvalue weighted by molar-refractivity contribution is 6.26. The van der Waals surface area contributed by atoms with E-state index in [1.165, 1.54) is 0 Å². The van der Waals surface area contributed by atoms with Crippen molar-refractivity contribution in [2.45, 2.75) is 13.0 Å². The predicted octanol–water partition coefficient (Wildman–Crippen LogP) is 3.83. The number of para-hydroxylation sites is 1. The summed E-state index contributed by atoms with van der Waals surface area (Å²) in [7, 11) is 0. The lowest BCUT2D eigenvalue weighted by molar-refractivity contribution is -0.117. The molecule has 0 saturated heterocycles. The summed E-state index contributed by atoms with van der Waals surface area (Å²) in [6.45, 7) is 1.75. The largest absolute Gasteiger partial charge is 0.324 e. The van der Waals surface area contributed by atoms with Crippen molar-refractivity contribution in [1.29, 1.82) is 0 Å². The van der Waals surface area contributed by atoms with E-state index in [2.05, 4.69) is 5.32 Å². The molecule has 118 valence electrons. The molecule has 0 aliphatic carbocycles. The molecule has 0 aromatic heterocycles. The summed E-state index contributed by atoms with van der Waals surface area (Å²) in [5, 5.41) is 4.80. The van der Waals surface area contributed by atoms with E-state index >= 15 is 0 Å². The minimum absolute atomic E-state index is 0.127. The molecule has 24 heavy (non-hydrogen) atoms. The van der Waals surface area contributed by atoms with Gasteiger partial charge in [-0.15, -0.1) is 0 Å². The fraction of sp³-hybridized carbons (Fsp3) is 0.100. The fourth-order valence-corrected chi connectivity index (χ4v) is 3.21. The topological polar surface area (TPSA) is 49.4 Å². The first-order chi connectivity index (χ1) is 11.7. The normalized spacial score (nSPS) is 14.0. The van der Waals surface area contributed by atoms with Crippen LogP contribution >= 0.6 is 0 Å². The van der Waals surface area contributed by atoms with E-state index in [1.807, 2.05) is 66.7 Å². The molecule has 1 aliphatic heterocycles. The number of carbonyl (C=O) groups is 2. The molecule has 4 rings (SSSR count). The maximum atomic E-state index is 12.8. The van der Waals surface area contributed by atoms with Crippen molar-refractivity contribution >= 4 is 34.0 Å². The number of amides is 2. The Hall–Kier alpha value is -3.14. The monoisotopic (exact) mass is 316 g/mol. The zero-order valence-electron chi connectivity index (χ0n) is 13.2. The van der Waals surface area contributed by atoms with Crippen LogP contribution in [0.15, 0.2) is 66.7 Å². The quantitative estimate of drug-likeness (QED) is 0.798. The Morgan fingerprint density at radius 3 is 2.42 bits per heavy atom. The summed E-state index contributed by atoms with van der Waals surface area (Å²) in [5.74, 6) is -0.336. The Morgan fingerprint density at radius 2 is 1.67 bits per heavy atom. The molecule has 3 aromatic rings. The van der Waals surface area contributed by atoms with Crippen LogP contribution in [0.25, 0.3) is 10.8 Å². The Bertz CT molecular complexity index is 945. The van der Waals surface area contributed by atoms with Gasteiger partial charge in [0.2, 0.25) is 5.91 Å². The third-order valence-corrected chi connectivity index (χ3v) is 4.40. The number of hydrogen-bond donors (Lipinski definition) is 1. The van der Waals surface area contributed by atoms with E-state index in [9.17, 15) is 9.59 Å². The molecular weight excluding hydrogens is 300 g/mol. The molecule has 0 radical (unpaired) electrons. The summed E-state index contributed by atoms with van der Waals surface area (Å²) in [6, 6.07) is 20.1. The molecule has 4 heteroatoms. The van der Waals surface area contributed by atoms with Crippen molar-refractivity contribution < 1.29 is 9.59 Å². The number of benzene rings is 3. The van der Waals surface area contributed by atoms with Gasteiger partial charge in [0.15, 0.2) is 0 Å². The third kappa shape index (κ3) is 2.15. The molecule has 1 unspecified atom stereocenters. The van der Waals surface area contributed by atoms with Gasteiger partial charge in [-0.05, 0) is 36.6 Å². The lowest BCUT2D eigenvalue weighted by Gasteiger charge is -2.24. The van der Waals surface area contributed by atoms with E-state index in [0.717, 1.165) is 22.1 Å². The Kier molecular flexibility index (Phi) is 3.31. The Balaban J connectivity index is 1.69. The number of carbonyl (C=O) groups excluding carboxylic acids is 2. The van der Waals surface area contributed by atoms with Gasteiger partial charge in [-0.1, -0.05) is 42.5 Å². The molecule has 4 nitrogen and oxygen atoms in total. The molecule has 3 aromatic carbocycles. The number of hydrogen-bond acceptors (Lipinski definition) is 2. The van der Waals surface area contributed by atoms with Gasteiger partial charge >= 0.3 is 0 Å². The smallest absolute Gasteiger partial charge is 0.259 e. The van der Waals surface area contributed by atoms with E-state index in [4.69, 9.17) is 0 Å². The average molecular weight is 316 g/mol. The highest BCUT2D eigenvalue weighted by Gasteiger charge is 2.35. The van der Waals surface area contributed by atoms with Crippen LogP contribution in [0.1, 0.15) is 17.3 Å². The molecule has 0 saturated carbocycles. The highest BCUT2D eigenvalue weighted by Crippen LogP contribution is 2.38. The first kappa shape index (κ1) is 14.5. The zero-order chi connectivity index (χ0) is 16.7. The van der Waals surface area contributed by atoms with Crippen LogP contribution in [0, 0.1) is 0 Å². The van der Waals surface area contributed by atoms with Crippen molar-refractivity contribution in [2.75, 3.05) is 10.2 Å². The summed E-state index contributed by atoms with van der Waals surface area (Å²) < 4.78 is 0. The van der Waals surface area contributed by atoms with Gasteiger partial charge in [0, 0.05) is 16.6 Å². The van der Waals surface area contributed by atoms with Gasteiger partial charge in [-0.3, -0.25) is 14.5 Å². The van der Waals surface area contributed by atoms with Crippen LogP contribution in [0.2, 0.25) is 0 Å². The number of nitrogens with one attached hydrogen (secondary N) is 1. The molecule has 0 fully saturated rings. The van der Waals surface area contributed by atoms with Gasteiger partial charge < -0.3 is 5.32 Å². The second kappa shape index (κ2) is 5.49. The molecule has 1 N–H and O–H groups in total. The summed E-state index contributed by atoms with van der Waals surface area (Å²) >= 11 is 0. The number of anilines is 2. The molecule has 0 spiro atoms. The Labute approximate surface area is 139 Å². The van der Waals surface area contributed by atoms with E-state index in [-0.39, 0.29) is 11.8 Å². The van der Waals surface area contributed by atoms with Gasteiger partial charge in [0.1, 0.15) is 6.04 Å². The van der Waals surface area contributed by atoms with Crippen molar-refractivity contribution in [3.8, 4) is 0 Å². The molecule has 1 aliphatic rings. The minimum atomic E-state index is -0.601. The third-order valence-electron chi connectivity index (χ3n) is 4.40. The van der Waals surface area contributed by atoms with E-state index in [1.54, 1.807) is 11.8 Å². The second-order valence-electron chi connectivity index (χ2n) is 5.89. The van der Waals surface area contributed by atoms with Crippen molar-refractivity contribution in [2.24, 2.45) is 0 Å². The van der Waals surface area contributed by atoms with Crippen LogP contribution in [-0.2, 0) is 4.79 Å². The highest BCUT2D eigenvalue weighted by atomic mass is 16.2. The first-order valence-corrected chi connectivity index (χ1v) is 7.88. The lowest BCUT2D eigenvalue weighted by atomic mass is 10.1. The Morgan fingerprint density at radius 1 is 0.958 bits per heavy atom. The molecule has 0 bridgehead atoms. The maximum Gasteiger partial charge on any atom is 0.259 e. The average Bonchev–Trinajstić information content (AvgIpc) is 2.90. The van der Waals surface area contributed by atoms with Crippen molar-refractivity contribution in [1.82, 2.24) is 0 Å². The van der Waals surface area contributed by atoms with Crippen LogP contribution < -0.4 is 10.2 Å². The van der Waals surface area contributed by atoms with Crippen LogP contribution in [0.4, 0.5) is 11.4 Å². The molecule has 1 heterocycles. The van der Waals surface area contributed by atoms with Gasteiger partial charge in [0.05, 0.1) is 5.69 Å². The van der Waals surface area contributed by atoms with E-state index in [0.29, 0.717) is 5.56 Å². The lowest BCUT2D eigenvalue weighted by Crippen LogP contribution is -2.44. The maximum absolute atomic E-state index is 12.8. The van der Waals surface area contributed by atoms with Gasteiger partial charge in [0.25, 0.3) is 5.91 Å². The predicted molar refractivity (Wildman–Crippen MR) is 95.3 cm³/mol. The number of rotatable bonds is 3. The van der Waals surface area contributed by atoms with Crippen molar-refractivity contribution in [3.63, 3.8) is 0 Å². The van der Waals surface area contributed by atoms with Crippen molar-refractivity contribution in [3.05, 3.63) is 72.3 Å². The van der Waals surface area contributed by atoms with Crippen LogP contribution in [0.5, 0.6) is 0 Å². The second-order valence-corrected chi connectivity index (χ2v) is 5.89. The minimum Gasteiger partial charge on any atom is -0.324 e. The number of nitrogens with zero attached hydrogens (tertiary/aromatic N) is 1. The summed E-state index contributed by atoms with van der Waals surface area (Å²) in [4.78, 5) is 27.0. The zero-order valence-corrected chi connectivity index (χ0v) is 13.2. The molecule has 1 atom stereocenters. The van der Waals surface area contributed by atoms with Crippen LogP contribution in [-0.4, -0.2) is 17.9 Å². The SMILES string of the molecule is CC(C(=O)Nc1ccccc1)N1C(=O)c2cccc3cccc1c23. The van der Waals surface area contributed by atoms with Crippen LogP contribution in [0.3, 0.4) is 0 Å². The molecule has 2 amide bonds. The standard InChI is InChI=1S/C20H16N2O2/c1-13(19(23)21-15-9-3-2-4-10-15)22-17-12-6-8-14-7-5-11-16(18(14)17)20(22)24/h2-13H,1H3,(H,21,23). The first-order valence-electron chi connectivity index (χ1n) is 7.88. The van der Waals surface area contributed by atoms with E-state index < -0.39 is 6.04 Å². The summed E-state index contributed by atoms with van der Waals surface area (Å²) in [6.07, 6.45) is 0. The van der Waals surface area contributed by atoms with Gasteiger partial charge in [-0.2, -0.15) is 0 Å². The van der Waals surface area contributed by atoms with Gasteiger partial charge in [-0.25, -0.2) is 0 Å².